The molecule has 3 N–H and O–H groups in total. The number of carbonyl (C=O) groups is 1. The van der Waals surface area contributed by atoms with E-state index in [1.807, 2.05) is 0 Å². The largest absolute Gasteiger partial charge is 0.348 e. The highest BCUT2D eigenvalue weighted by Crippen LogP contribution is 2.21. The molecule has 0 saturated carbocycles. The maximum absolute atomic E-state index is 12.6. The molecule has 0 spiro atoms. The lowest BCUT2D eigenvalue weighted by molar-refractivity contribution is 0.0931. The molecule has 1 aliphatic rings. The first-order valence-electron chi connectivity index (χ1n) is 8.35. The summed E-state index contributed by atoms with van der Waals surface area (Å²) in [6.45, 7) is 1.66. The summed E-state index contributed by atoms with van der Waals surface area (Å²) in [6, 6.07) is 12.4. The van der Waals surface area contributed by atoms with E-state index in [1.165, 1.54) is 24.3 Å². The molecule has 2 aromatic rings. The zero-order valence-corrected chi connectivity index (χ0v) is 15.6. The van der Waals surface area contributed by atoms with Gasteiger partial charge in [-0.1, -0.05) is 23.7 Å². The molecule has 26 heavy (non-hydrogen) atoms. The predicted molar refractivity (Wildman–Crippen MR) is 102 cm³/mol. The summed E-state index contributed by atoms with van der Waals surface area (Å²) in [4.78, 5) is 12.7. The maximum atomic E-state index is 12.6. The number of para-hydroxylation sites is 1. The second-order valence-corrected chi connectivity index (χ2v) is 8.24. The molecule has 3 rings (SSSR count). The van der Waals surface area contributed by atoms with Gasteiger partial charge in [0.2, 0.25) is 0 Å². The van der Waals surface area contributed by atoms with Crippen LogP contribution >= 0.6 is 11.6 Å². The summed E-state index contributed by atoms with van der Waals surface area (Å²) >= 11 is 5.81. The summed E-state index contributed by atoms with van der Waals surface area (Å²) in [5, 5.41) is 6.64. The lowest BCUT2D eigenvalue weighted by Crippen LogP contribution is -2.45. The molecule has 0 aromatic heterocycles. The van der Waals surface area contributed by atoms with Gasteiger partial charge in [-0.15, -0.1) is 0 Å². The molecule has 0 bridgehead atoms. The fraction of sp³-hybridized carbons (Fsp3) is 0.278. The number of rotatable bonds is 5. The second kappa shape index (κ2) is 8.07. The number of nitrogens with one attached hydrogen (secondary N) is 3. The fourth-order valence-electron chi connectivity index (χ4n) is 2.83. The average molecular weight is 394 g/mol. The highest BCUT2D eigenvalue weighted by Gasteiger charge is 2.21. The number of halogens is 1. The molecule has 138 valence electrons. The van der Waals surface area contributed by atoms with Crippen LogP contribution in [0.15, 0.2) is 53.4 Å². The van der Waals surface area contributed by atoms with Gasteiger partial charge in [-0.2, -0.15) is 0 Å². The molecule has 1 fully saturated rings. The van der Waals surface area contributed by atoms with E-state index in [4.69, 9.17) is 11.6 Å². The number of anilines is 1. The molecule has 1 unspecified atom stereocenters. The Bertz CT molecular complexity index is 879. The fourth-order valence-corrected chi connectivity index (χ4v) is 4.03. The van der Waals surface area contributed by atoms with Crippen LogP contribution in [0.5, 0.6) is 0 Å². The summed E-state index contributed by atoms with van der Waals surface area (Å²) in [5.74, 6) is -0.298. The third kappa shape index (κ3) is 4.55. The maximum Gasteiger partial charge on any atom is 0.261 e. The van der Waals surface area contributed by atoms with Crippen molar-refractivity contribution < 1.29 is 13.2 Å². The Morgan fingerprint density at radius 2 is 1.85 bits per heavy atom. The predicted octanol–water partition coefficient (Wildman–Crippen LogP) is 2.62. The van der Waals surface area contributed by atoms with Gasteiger partial charge in [-0.3, -0.25) is 9.52 Å². The van der Waals surface area contributed by atoms with Crippen LogP contribution in [0.4, 0.5) is 5.69 Å². The van der Waals surface area contributed by atoms with Crippen LogP contribution in [0.25, 0.3) is 0 Å². The lowest BCUT2D eigenvalue weighted by Gasteiger charge is -2.24. The van der Waals surface area contributed by atoms with Gasteiger partial charge in [0.25, 0.3) is 15.9 Å². The van der Waals surface area contributed by atoms with Crippen molar-refractivity contribution in [2.24, 2.45) is 0 Å². The smallest absolute Gasteiger partial charge is 0.261 e. The highest BCUT2D eigenvalue weighted by molar-refractivity contribution is 7.92. The van der Waals surface area contributed by atoms with Gasteiger partial charge in [0.05, 0.1) is 16.1 Å². The second-order valence-electron chi connectivity index (χ2n) is 6.12. The number of carbonyl (C=O) groups excluding carboxylic acids is 1. The minimum Gasteiger partial charge on any atom is -0.348 e. The third-order valence-electron chi connectivity index (χ3n) is 4.17. The molecule has 1 heterocycles. The summed E-state index contributed by atoms with van der Waals surface area (Å²) in [5.41, 5.74) is 0.527. The van der Waals surface area contributed by atoms with Crippen LogP contribution in [-0.4, -0.2) is 33.5 Å². The third-order valence-corrected chi connectivity index (χ3v) is 5.81. The number of benzene rings is 2. The van der Waals surface area contributed by atoms with Crippen molar-refractivity contribution in [3.63, 3.8) is 0 Å². The Kier molecular flexibility index (Phi) is 5.80. The average Bonchev–Trinajstić information content (AvgIpc) is 2.63. The number of hydrogen-bond donors (Lipinski definition) is 3. The number of hydrogen-bond acceptors (Lipinski definition) is 4. The minimum absolute atomic E-state index is 0.0391. The van der Waals surface area contributed by atoms with Gasteiger partial charge in [-0.25, -0.2) is 8.42 Å². The van der Waals surface area contributed by atoms with Gasteiger partial charge in [-0.05, 0) is 55.8 Å². The van der Waals surface area contributed by atoms with E-state index in [2.05, 4.69) is 15.4 Å². The Hall–Kier alpha value is -2.09. The molecule has 6 nitrogen and oxygen atoms in total. The lowest BCUT2D eigenvalue weighted by atomic mass is 10.1. The van der Waals surface area contributed by atoms with Crippen LogP contribution in [0.2, 0.25) is 5.02 Å². The molecular formula is C18H20ClN3O3S. The van der Waals surface area contributed by atoms with Gasteiger partial charge in [0.1, 0.15) is 0 Å². The Balaban J connectivity index is 1.80. The van der Waals surface area contributed by atoms with Crippen LogP contribution in [0.3, 0.4) is 0 Å². The standard InChI is InChI=1S/C18H20ClN3O3S/c19-13-7-9-15(10-8-13)26(24,25)22-17-6-2-1-5-16(17)18(23)21-14-4-3-11-20-12-14/h1-2,5-10,14,20,22H,3-4,11-12H2,(H,21,23). The van der Waals surface area contributed by atoms with Gasteiger partial charge in [0.15, 0.2) is 0 Å². The first-order valence-corrected chi connectivity index (χ1v) is 10.2. The van der Waals surface area contributed by atoms with Gasteiger partial charge in [0, 0.05) is 17.6 Å². The van der Waals surface area contributed by atoms with E-state index in [-0.39, 0.29) is 28.1 Å². The summed E-state index contributed by atoms with van der Waals surface area (Å²) in [6.07, 6.45) is 1.90. The van der Waals surface area contributed by atoms with Crippen molar-refractivity contribution in [2.75, 3.05) is 17.8 Å². The van der Waals surface area contributed by atoms with E-state index >= 15 is 0 Å². The van der Waals surface area contributed by atoms with E-state index in [0.717, 1.165) is 19.4 Å². The number of amides is 1. The normalized spacial score (nSPS) is 17.5. The number of piperidine rings is 1. The molecule has 1 amide bonds. The first-order chi connectivity index (χ1) is 12.5. The topological polar surface area (TPSA) is 87.3 Å². The van der Waals surface area contributed by atoms with E-state index in [9.17, 15) is 13.2 Å². The summed E-state index contributed by atoms with van der Waals surface area (Å²) < 4.78 is 27.7. The molecule has 1 aliphatic heterocycles. The molecule has 1 saturated heterocycles. The Morgan fingerprint density at radius 3 is 2.54 bits per heavy atom. The minimum atomic E-state index is -3.82. The van der Waals surface area contributed by atoms with Crippen molar-refractivity contribution in [1.82, 2.24) is 10.6 Å². The van der Waals surface area contributed by atoms with Crippen molar-refractivity contribution in [3.05, 3.63) is 59.1 Å². The van der Waals surface area contributed by atoms with Crippen molar-refractivity contribution in [1.29, 1.82) is 0 Å². The van der Waals surface area contributed by atoms with Crippen LogP contribution in [-0.2, 0) is 10.0 Å². The van der Waals surface area contributed by atoms with E-state index in [1.54, 1.807) is 24.3 Å². The Labute approximate surface area is 158 Å². The molecule has 2 aromatic carbocycles. The molecule has 0 aliphatic carbocycles. The van der Waals surface area contributed by atoms with E-state index < -0.39 is 10.0 Å². The quantitative estimate of drug-likeness (QED) is 0.728. The van der Waals surface area contributed by atoms with Crippen LogP contribution in [0.1, 0.15) is 23.2 Å². The van der Waals surface area contributed by atoms with Crippen LogP contribution in [0, 0.1) is 0 Å². The van der Waals surface area contributed by atoms with Crippen LogP contribution < -0.4 is 15.4 Å². The SMILES string of the molecule is O=C(NC1CCCNC1)c1ccccc1NS(=O)(=O)c1ccc(Cl)cc1. The van der Waals surface area contributed by atoms with Gasteiger partial charge >= 0.3 is 0 Å². The Morgan fingerprint density at radius 1 is 1.12 bits per heavy atom. The molecular weight excluding hydrogens is 374 g/mol. The zero-order valence-electron chi connectivity index (χ0n) is 14.0. The van der Waals surface area contributed by atoms with Crippen molar-refractivity contribution >= 4 is 33.2 Å². The van der Waals surface area contributed by atoms with Gasteiger partial charge < -0.3 is 10.6 Å². The molecule has 1 atom stereocenters. The molecule has 8 heteroatoms. The zero-order chi connectivity index (χ0) is 18.6. The highest BCUT2D eigenvalue weighted by atomic mass is 35.5. The first kappa shape index (κ1) is 18.7. The molecule has 0 radical (unpaired) electrons. The number of sulfonamides is 1. The monoisotopic (exact) mass is 393 g/mol. The summed E-state index contributed by atoms with van der Waals surface area (Å²) in [7, 11) is -3.82. The van der Waals surface area contributed by atoms with E-state index in [0.29, 0.717) is 11.6 Å². The van der Waals surface area contributed by atoms with Crippen molar-refractivity contribution in [2.45, 2.75) is 23.8 Å². The van der Waals surface area contributed by atoms with Crippen molar-refractivity contribution in [3.8, 4) is 0 Å².